The maximum atomic E-state index is 9.92. The molecule has 0 spiro atoms. The van der Waals surface area contributed by atoms with Crippen molar-refractivity contribution in [1.82, 2.24) is 5.32 Å². The molecule has 0 fully saturated rings. The van der Waals surface area contributed by atoms with Crippen LogP contribution in [-0.4, -0.2) is 22.9 Å². The number of nitrogens with one attached hydrogen (secondary N) is 2. The molecule has 0 aliphatic rings. The molecule has 0 aromatic rings. The van der Waals surface area contributed by atoms with E-state index in [1.807, 2.05) is 5.32 Å². The highest BCUT2D eigenvalue weighted by molar-refractivity contribution is 5.93. The third-order valence-corrected chi connectivity index (χ3v) is 0.311. The fourth-order valence-electron chi connectivity index (χ4n) is 0.190. The number of carbonyl (C=O) groups is 2. The number of carboxylic acid groups (broad SMARTS) is 1. The van der Waals surface area contributed by atoms with E-state index in [0.717, 1.165) is 6.92 Å². The van der Waals surface area contributed by atoms with Crippen molar-refractivity contribution in [2.24, 2.45) is 5.73 Å². The smallest absolute Gasteiger partial charge is 0.300 e. The number of hydrogen-bond acceptors (Lipinski definition) is 3. The summed E-state index contributed by atoms with van der Waals surface area (Å²) in [6.07, 6.45) is 0. The zero-order valence-electron chi connectivity index (χ0n) is 6.34. The Morgan fingerprint density at radius 1 is 1.45 bits per heavy atom. The van der Waals surface area contributed by atoms with Crippen molar-refractivity contribution in [3.63, 3.8) is 0 Å². The van der Waals surface area contributed by atoms with E-state index >= 15 is 0 Å². The van der Waals surface area contributed by atoms with E-state index in [-0.39, 0.29) is 11.9 Å². The number of carboxylic acids is 1. The van der Waals surface area contributed by atoms with Gasteiger partial charge in [0.1, 0.15) is 0 Å². The summed E-state index contributed by atoms with van der Waals surface area (Å²) < 4.78 is 0. The molecule has 1 amide bonds. The predicted octanol–water partition coefficient (Wildman–Crippen LogP) is -0.893. The summed E-state index contributed by atoms with van der Waals surface area (Å²) in [7, 11) is 0. The minimum atomic E-state index is -0.833. The Morgan fingerprint density at radius 2 is 1.73 bits per heavy atom. The average molecular weight is 161 g/mol. The van der Waals surface area contributed by atoms with Gasteiger partial charge in [0, 0.05) is 13.8 Å². The first-order valence-corrected chi connectivity index (χ1v) is 2.67. The van der Waals surface area contributed by atoms with Crippen molar-refractivity contribution in [2.45, 2.75) is 13.8 Å². The van der Waals surface area contributed by atoms with E-state index in [4.69, 9.17) is 21.0 Å². The monoisotopic (exact) mass is 161 g/mol. The fourth-order valence-corrected chi connectivity index (χ4v) is 0.190. The molecule has 5 N–H and O–H groups in total. The van der Waals surface area contributed by atoms with Gasteiger partial charge < -0.3 is 10.8 Å². The lowest BCUT2D eigenvalue weighted by Gasteiger charge is -1.92. The molecule has 0 radical (unpaired) electrons. The SMILES string of the molecule is CC(=O)NC(=N)N.CC(=O)O. The Kier molecular flexibility index (Phi) is 7.19. The molecule has 0 heterocycles. The number of aliphatic carboxylic acids is 1. The van der Waals surface area contributed by atoms with Crippen LogP contribution < -0.4 is 11.1 Å². The molecule has 0 aliphatic carbocycles. The van der Waals surface area contributed by atoms with Gasteiger partial charge in [-0.25, -0.2) is 0 Å². The summed E-state index contributed by atoms with van der Waals surface area (Å²) in [5, 5.41) is 15.9. The van der Waals surface area contributed by atoms with Crippen molar-refractivity contribution < 1.29 is 14.7 Å². The second kappa shape index (κ2) is 6.53. The summed E-state index contributed by atoms with van der Waals surface area (Å²) in [6, 6.07) is 0. The van der Waals surface area contributed by atoms with E-state index in [1.54, 1.807) is 0 Å². The zero-order valence-corrected chi connectivity index (χ0v) is 6.34. The maximum Gasteiger partial charge on any atom is 0.300 e. The maximum absolute atomic E-state index is 9.92. The molecule has 64 valence electrons. The lowest BCUT2D eigenvalue weighted by atomic mass is 10.7. The van der Waals surface area contributed by atoms with E-state index < -0.39 is 5.97 Å². The molecule has 0 rings (SSSR count). The predicted molar refractivity (Wildman–Crippen MR) is 39.0 cm³/mol. The number of rotatable bonds is 0. The third kappa shape index (κ3) is 59.5. The Hall–Kier alpha value is -1.59. The molecule has 0 aliphatic heterocycles. The Bertz CT molecular complexity index is 150. The van der Waals surface area contributed by atoms with Crippen LogP contribution in [0.1, 0.15) is 13.8 Å². The summed E-state index contributed by atoms with van der Waals surface area (Å²) in [6.45, 7) is 2.38. The van der Waals surface area contributed by atoms with Crippen LogP contribution in [0, 0.1) is 5.41 Å². The molecule has 0 aromatic heterocycles. The van der Waals surface area contributed by atoms with Crippen molar-refractivity contribution in [3.8, 4) is 0 Å². The van der Waals surface area contributed by atoms with Crippen LogP contribution in [0.15, 0.2) is 0 Å². The minimum absolute atomic E-state index is 0.312. The van der Waals surface area contributed by atoms with Crippen LogP contribution in [0.4, 0.5) is 0 Å². The van der Waals surface area contributed by atoms with Crippen LogP contribution in [0.25, 0.3) is 0 Å². The molecule has 0 atom stereocenters. The molecule has 0 saturated heterocycles. The van der Waals surface area contributed by atoms with E-state index in [2.05, 4.69) is 0 Å². The molecular weight excluding hydrogens is 150 g/mol. The zero-order chi connectivity index (χ0) is 9.44. The normalized spacial score (nSPS) is 7.09. The molecule has 0 unspecified atom stereocenters. The van der Waals surface area contributed by atoms with Gasteiger partial charge >= 0.3 is 0 Å². The molecule has 0 aromatic carbocycles. The van der Waals surface area contributed by atoms with Gasteiger partial charge in [-0.05, 0) is 0 Å². The van der Waals surface area contributed by atoms with E-state index in [0.29, 0.717) is 0 Å². The van der Waals surface area contributed by atoms with Gasteiger partial charge in [-0.1, -0.05) is 0 Å². The van der Waals surface area contributed by atoms with Gasteiger partial charge in [0.15, 0.2) is 5.96 Å². The highest BCUT2D eigenvalue weighted by Gasteiger charge is 1.87. The van der Waals surface area contributed by atoms with Crippen LogP contribution >= 0.6 is 0 Å². The Balaban J connectivity index is 0. The van der Waals surface area contributed by atoms with Gasteiger partial charge in [0.2, 0.25) is 5.91 Å². The average Bonchev–Trinajstić information content (AvgIpc) is 1.56. The van der Waals surface area contributed by atoms with Crippen LogP contribution in [0.3, 0.4) is 0 Å². The summed E-state index contributed by atoms with van der Waals surface area (Å²) in [4.78, 5) is 18.9. The van der Waals surface area contributed by atoms with Crippen LogP contribution in [0.5, 0.6) is 0 Å². The molecule has 0 bridgehead atoms. The number of carbonyl (C=O) groups excluding carboxylic acids is 1. The van der Waals surface area contributed by atoms with Gasteiger partial charge in [-0.15, -0.1) is 0 Å². The lowest BCUT2D eigenvalue weighted by Crippen LogP contribution is -2.33. The third-order valence-electron chi connectivity index (χ3n) is 0.311. The topological polar surface area (TPSA) is 116 Å². The molecular formula is C5H11N3O3. The molecule has 6 nitrogen and oxygen atoms in total. The number of hydrogen-bond donors (Lipinski definition) is 4. The summed E-state index contributed by atoms with van der Waals surface area (Å²) in [5.74, 6) is -1.46. The van der Waals surface area contributed by atoms with Crippen LogP contribution in [-0.2, 0) is 9.59 Å². The fraction of sp³-hybridized carbons (Fsp3) is 0.400. The second-order valence-electron chi connectivity index (χ2n) is 1.61. The number of nitrogens with two attached hydrogens (primary N) is 1. The first-order valence-electron chi connectivity index (χ1n) is 2.67. The van der Waals surface area contributed by atoms with Gasteiger partial charge in [-0.2, -0.15) is 0 Å². The first kappa shape index (κ1) is 12.1. The largest absolute Gasteiger partial charge is 0.481 e. The van der Waals surface area contributed by atoms with Crippen molar-refractivity contribution >= 4 is 17.8 Å². The molecule has 11 heavy (non-hydrogen) atoms. The van der Waals surface area contributed by atoms with Gasteiger partial charge in [-0.3, -0.25) is 20.3 Å². The number of amides is 1. The highest BCUT2D eigenvalue weighted by Crippen LogP contribution is 1.53. The first-order chi connectivity index (χ1) is 4.86. The quantitative estimate of drug-likeness (QED) is 0.272. The standard InChI is InChI=1S/C3H7N3O.C2H4O2/c1-2(7)6-3(4)5;1-2(3)4/h1H3,(H4,4,5,6,7);1H3,(H,3,4). The molecule has 6 heteroatoms. The van der Waals surface area contributed by atoms with Crippen molar-refractivity contribution in [3.05, 3.63) is 0 Å². The highest BCUT2D eigenvalue weighted by atomic mass is 16.4. The molecule has 0 saturated carbocycles. The van der Waals surface area contributed by atoms with Crippen LogP contribution in [0.2, 0.25) is 0 Å². The minimum Gasteiger partial charge on any atom is -0.481 e. The van der Waals surface area contributed by atoms with E-state index in [1.165, 1.54) is 6.92 Å². The Labute approximate surface area is 63.9 Å². The Morgan fingerprint density at radius 3 is 1.73 bits per heavy atom. The summed E-state index contributed by atoms with van der Waals surface area (Å²) in [5.41, 5.74) is 4.74. The number of guanidine groups is 1. The van der Waals surface area contributed by atoms with Gasteiger partial charge in [0.05, 0.1) is 0 Å². The van der Waals surface area contributed by atoms with E-state index in [9.17, 15) is 4.79 Å². The van der Waals surface area contributed by atoms with Gasteiger partial charge in [0.25, 0.3) is 5.97 Å². The van der Waals surface area contributed by atoms with Crippen molar-refractivity contribution in [2.75, 3.05) is 0 Å². The van der Waals surface area contributed by atoms with Crippen molar-refractivity contribution in [1.29, 1.82) is 5.41 Å². The lowest BCUT2D eigenvalue weighted by molar-refractivity contribution is -0.134. The second-order valence-corrected chi connectivity index (χ2v) is 1.61. The summed E-state index contributed by atoms with van der Waals surface area (Å²) >= 11 is 0.